The van der Waals surface area contributed by atoms with Gasteiger partial charge in [0.2, 0.25) is 5.91 Å². The SMILES string of the molecule is Cc1cccc(OCCNC(=O)CN(c2ccc(Oc3ccccc3)cc2)S(=O)(=O)c2ccccc2)c1C. The van der Waals surface area contributed by atoms with Gasteiger partial charge in [0.15, 0.2) is 0 Å². The minimum absolute atomic E-state index is 0.0932. The van der Waals surface area contributed by atoms with E-state index in [2.05, 4.69) is 5.32 Å². The summed E-state index contributed by atoms with van der Waals surface area (Å²) < 4.78 is 39.7. The van der Waals surface area contributed by atoms with E-state index in [1.807, 2.05) is 62.4 Å². The van der Waals surface area contributed by atoms with Crippen LogP contribution in [0.4, 0.5) is 5.69 Å². The summed E-state index contributed by atoms with van der Waals surface area (Å²) in [4.78, 5) is 12.9. The Morgan fingerprint density at radius 3 is 2.11 bits per heavy atom. The van der Waals surface area contributed by atoms with Gasteiger partial charge in [0.05, 0.1) is 17.1 Å². The third-order valence-corrected chi connectivity index (χ3v) is 7.75. The molecule has 4 rings (SSSR count). The maximum absolute atomic E-state index is 13.5. The number of nitrogens with one attached hydrogen (secondary N) is 1. The van der Waals surface area contributed by atoms with Gasteiger partial charge in [-0.15, -0.1) is 0 Å². The molecule has 0 aliphatic rings. The molecule has 4 aromatic rings. The molecule has 8 heteroatoms. The van der Waals surface area contributed by atoms with Gasteiger partial charge in [-0.2, -0.15) is 0 Å². The Morgan fingerprint density at radius 1 is 0.789 bits per heavy atom. The fourth-order valence-electron chi connectivity index (χ4n) is 3.76. The number of carbonyl (C=O) groups is 1. The molecule has 0 spiro atoms. The van der Waals surface area contributed by atoms with Gasteiger partial charge < -0.3 is 14.8 Å². The van der Waals surface area contributed by atoms with E-state index in [-0.39, 0.29) is 24.6 Å². The van der Waals surface area contributed by atoms with Gasteiger partial charge in [-0.3, -0.25) is 9.10 Å². The Hall–Kier alpha value is -4.30. The molecular formula is C30H30N2O5S. The lowest BCUT2D eigenvalue weighted by atomic mass is 10.1. The highest BCUT2D eigenvalue weighted by Gasteiger charge is 2.27. The largest absolute Gasteiger partial charge is 0.491 e. The number of carbonyl (C=O) groups excluding carboxylic acids is 1. The van der Waals surface area contributed by atoms with Crippen LogP contribution in [0.5, 0.6) is 17.2 Å². The minimum atomic E-state index is -4.00. The molecule has 0 aliphatic carbocycles. The van der Waals surface area contributed by atoms with Gasteiger partial charge in [-0.1, -0.05) is 48.5 Å². The first kappa shape index (κ1) is 26.8. The number of aryl methyl sites for hydroxylation is 1. The van der Waals surface area contributed by atoms with Gasteiger partial charge in [-0.05, 0) is 79.6 Å². The van der Waals surface area contributed by atoms with Crippen molar-refractivity contribution in [2.75, 3.05) is 24.0 Å². The summed E-state index contributed by atoms with van der Waals surface area (Å²) >= 11 is 0. The van der Waals surface area contributed by atoms with E-state index in [4.69, 9.17) is 9.47 Å². The zero-order valence-corrected chi connectivity index (χ0v) is 22.1. The normalized spacial score (nSPS) is 11.0. The topological polar surface area (TPSA) is 84.9 Å². The maximum Gasteiger partial charge on any atom is 0.264 e. The molecule has 0 heterocycles. The Bertz CT molecular complexity index is 1460. The number of benzene rings is 4. The quantitative estimate of drug-likeness (QED) is 0.259. The van der Waals surface area contributed by atoms with Crippen molar-refractivity contribution < 1.29 is 22.7 Å². The molecule has 0 fully saturated rings. The van der Waals surface area contributed by atoms with Crippen LogP contribution in [0.15, 0.2) is 108 Å². The van der Waals surface area contributed by atoms with Crippen LogP contribution < -0.4 is 19.1 Å². The third kappa shape index (κ3) is 6.72. The summed E-state index contributed by atoms with van der Waals surface area (Å²) in [6, 6.07) is 29.7. The van der Waals surface area contributed by atoms with E-state index < -0.39 is 15.9 Å². The average molecular weight is 531 g/mol. The molecule has 38 heavy (non-hydrogen) atoms. The highest BCUT2D eigenvalue weighted by Crippen LogP contribution is 2.28. The average Bonchev–Trinajstić information content (AvgIpc) is 2.93. The van der Waals surface area contributed by atoms with Crippen LogP contribution in [0.1, 0.15) is 11.1 Å². The van der Waals surface area contributed by atoms with E-state index in [0.717, 1.165) is 21.2 Å². The molecule has 0 aliphatic heterocycles. The number of amides is 1. The fraction of sp³-hybridized carbons (Fsp3) is 0.167. The van der Waals surface area contributed by atoms with Crippen molar-refractivity contribution in [2.24, 2.45) is 0 Å². The van der Waals surface area contributed by atoms with Crippen LogP contribution >= 0.6 is 0 Å². The molecule has 0 aromatic heterocycles. The zero-order valence-electron chi connectivity index (χ0n) is 21.3. The number of ether oxygens (including phenoxy) is 2. The lowest BCUT2D eigenvalue weighted by molar-refractivity contribution is -0.119. The first-order valence-electron chi connectivity index (χ1n) is 12.2. The first-order chi connectivity index (χ1) is 18.3. The van der Waals surface area contributed by atoms with E-state index in [0.29, 0.717) is 17.2 Å². The lowest BCUT2D eigenvalue weighted by Crippen LogP contribution is -2.41. The highest BCUT2D eigenvalue weighted by molar-refractivity contribution is 7.92. The fourth-order valence-corrected chi connectivity index (χ4v) is 5.20. The Kier molecular flexibility index (Phi) is 8.66. The molecule has 0 unspecified atom stereocenters. The summed E-state index contributed by atoms with van der Waals surface area (Å²) in [5, 5.41) is 2.76. The highest BCUT2D eigenvalue weighted by atomic mass is 32.2. The molecule has 196 valence electrons. The Labute approximate surface area is 223 Å². The van der Waals surface area contributed by atoms with Crippen LogP contribution in [0.3, 0.4) is 0 Å². The molecule has 0 saturated carbocycles. The Morgan fingerprint density at radius 2 is 1.42 bits per heavy atom. The molecule has 0 atom stereocenters. The van der Waals surface area contributed by atoms with Gasteiger partial charge in [-0.25, -0.2) is 8.42 Å². The molecule has 0 radical (unpaired) electrons. The number of hydrogen-bond donors (Lipinski definition) is 1. The number of nitrogens with zero attached hydrogens (tertiary/aromatic N) is 1. The Balaban J connectivity index is 1.46. The van der Waals surface area contributed by atoms with Crippen molar-refractivity contribution >= 4 is 21.6 Å². The number of anilines is 1. The standard InChI is InChI=1S/C30H30N2O5S/c1-23-10-9-15-29(24(23)2)36-21-20-31-30(33)22-32(38(34,35)28-13-7-4-8-14-28)25-16-18-27(19-17-25)37-26-11-5-3-6-12-26/h3-19H,20-22H2,1-2H3,(H,31,33). The van der Waals surface area contributed by atoms with Crippen molar-refractivity contribution in [3.63, 3.8) is 0 Å². The van der Waals surface area contributed by atoms with Gasteiger partial charge >= 0.3 is 0 Å². The summed E-state index contributed by atoms with van der Waals surface area (Å²) in [6.45, 7) is 4.08. The number of sulfonamides is 1. The summed E-state index contributed by atoms with van der Waals surface area (Å²) in [5.74, 6) is 1.52. The summed E-state index contributed by atoms with van der Waals surface area (Å²) in [6.07, 6.45) is 0. The van der Waals surface area contributed by atoms with Crippen LogP contribution in [0.25, 0.3) is 0 Å². The van der Waals surface area contributed by atoms with Crippen molar-refractivity contribution in [3.8, 4) is 17.2 Å². The molecule has 0 saturated heterocycles. The van der Waals surface area contributed by atoms with Crippen LogP contribution in [0.2, 0.25) is 0 Å². The molecule has 7 nitrogen and oxygen atoms in total. The summed E-state index contributed by atoms with van der Waals surface area (Å²) in [7, 11) is -4.00. The van der Waals surface area contributed by atoms with Crippen molar-refractivity contribution in [2.45, 2.75) is 18.7 Å². The third-order valence-electron chi connectivity index (χ3n) is 5.96. The van der Waals surface area contributed by atoms with Crippen LogP contribution in [-0.4, -0.2) is 34.0 Å². The lowest BCUT2D eigenvalue weighted by Gasteiger charge is -2.24. The first-order valence-corrected chi connectivity index (χ1v) is 13.6. The van der Waals surface area contributed by atoms with Gasteiger partial charge in [0.1, 0.15) is 30.4 Å². The smallest absolute Gasteiger partial charge is 0.264 e. The molecule has 1 amide bonds. The van der Waals surface area contributed by atoms with E-state index >= 15 is 0 Å². The number of rotatable bonds is 11. The molecule has 4 aromatic carbocycles. The molecular weight excluding hydrogens is 500 g/mol. The zero-order chi connectivity index (χ0) is 27.0. The van der Waals surface area contributed by atoms with Crippen molar-refractivity contribution in [1.29, 1.82) is 0 Å². The number of hydrogen-bond acceptors (Lipinski definition) is 5. The van der Waals surface area contributed by atoms with E-state index in [1.54, 1.807) is 42.5 Å². The van der Waals surface area contributed by atoms with Crippen LogP contribution in [-0.2, 0) is 14.8 Å². The molecule has 0 bridgehead atoms. The van der Waals surface area contributed by atoms with Crippen molar-refractivity contribution in [1.82, 2.24) is 5.32 Å². The van der Waals surface area contributed by atoms with Gasteiger partial charge in [0, 0.05) is 0 Å². The van der Waals surface area contributed by atoms with E-state index in [9.17, 15) is 13.2 Å². The maximum atomic E-state index is 13.5. The number of para-hydroxylation sites is 1. The second kappa shape index (κ2) is 12.3. The summed E-state index contributed by atoms with van der Waals surface area (Å²) in [5.41, 5.74) is 2.50. The van der Waals surface area contributed by atoms with E-state index in [1.165, 1.54) is 12.1 Å². The van der Waals surface area contributed by atoms with Crippen LogP contribution in [0, 0.1) is 13.8 Å². The van der Waals surface area contributed by atoms with Crippen molar-refractivity contribution in [3.05, 3.63) is 114 Å². The molecule has 1 N–H and O–H groups in total. The predicted octanol–water partition coefficient (Wildman–Crippen LogP) is 5.49. The van der Waals surface area contributed by atoms with Gasteiger partial charge in [0.25, 0.3) is 10.0 Å². The second-order valence-corrected chi connectivity index (χ2v) is 10.5. The second-order valence-electron chi connectivity index (χ2n) is 8.63. The predicted molar refractivity (Wildman–Crippen MR) is 148 cm³/mol. The minimum Gasteiger partial charge on any atom is -0.491 e. The monoisotopic (exact) mass is 530 g/mol.